The highest BCUT2D eigenvalue weighted by molar-refractivity contribution is 7.80. The van der Waals surface area contributed by atoms with Crippen LogP contribution in [0.5, 0.6) is 0 Å². The van der Waals surface area contributed by atoms with Crippen LogP contribution in [-0.2, 0) is 27.3 Å². The minimum absolute atomic E-state index is 0.0157. The Labute approximate surface area is 259 Å². The number of para-hydroxylation sites is 1. The number of fused-ring (bicyclic) bond motifs is 1. The van der Waals surface area contributed by atoms with Crippen molar-refractivity contribution in [2.45, 2.75) is 77.6 Å². The van der Waals surface area contributed by atoms with E-state index < -0.39 is 23.3 Å². The maximum atomic E-state index is 13.9. The molecule has 0 fully saturated rings. The lowest BCUT2D eigenvalue weighted by Gasteiger charge is -2.29. The molecular formula is C34H40N4O4S. The summed E-state index contributed by atoms with van der Waals surface area (Å²) in [5, 5.41) is 5.69. The van der Waals surface area contributed by atoms with E-state index in [1.54, 1.807) is 39.5 Å². The molecule has 4 N–H and O–H groups in total. The monoisotopic (exact) mass is 600 g/mol. The van der Waals surface area contributed by atoms with Crippen molar-refractivity contribution in [3.05, 3.63) is 89.5 Å². The normalized spacial score (nSPS) is 15.2. The number of aryl methyl sites for hydroxylation is 1. The fourth-order valence-corrected chi connectivity index (χ4v) is 5.38. The third-order valence-electron chi connectivity index (χ3n) is 7.12. The SMILES string of the molecule is CC(C)(CC(=O)N[C@@H]1CCc2ccccc2N(Cc2ccc(-c3ccccc3C(N)=S)cc2)C1=O)NC(=O)OC(C)(C)C. The van der Waals surface area contributed by atoms with E-state index in [2.05, 4.69) is 10.6 Å². The molecule has 8 nitrogen and oxygen atoms in total. The molecule has 0 spiro atoms. The first kappa shape index (κ1) is 31.7. The van der Waals surface area contributed by atoms with Gasteiger partial charge < -0.3 is 26.0 Å². The van der Waals surface area contributed by atoms with E-state index in [1.807, 2.05) is 72.8 Å². The van der Waals surface area contributed by atoms with Gasteiger partial charge in [-0.05, 0) is 75.8 Å². The van der Waals surface area contributed by atoms with Crippen molar-refractivity contribution in [1.29, 1.82) is 0 Å². The van der Waals surface area contributed by atoms with Gasteiger partial charge in [0.25, 0.3) is 0 Å². The molecule has 1 aliphatic rings. The van der Waals surface area contributed by atoms with Gasteiger partial charge >= 0.3 is 6.09 Å². The Morgan fingerprint density at radius 2 is 1.63 bits per heavy atom. The second-order valence-electron chi connectivity index (χ2n) is 12.5. The average Bonchev–Trinajstić information content (AvgIpc) is 3.04. The molecule has 3 amide bonds. The number of rotatable bonds is 8. The Morgan fingerprint density at radius 3 is 2.30 bits per heavy atom. The van der Waals surface area contributed by atoms with Gasteiger partial charge in [-0.2, -0.15) is 0 Å². The van der Waals surface area contributed by atoms with Crippen LogP contribution in [0, 0.1) is 0 Å². The van der Waals surface area contributed by atoms with Crippen LogP contribution in [0.1, 0.15) is 64.2 Å². The minimum atomic E-state index is -0.878. The zero-order valence-corrected chi connectivity index (χ0v) is 26.2. The lowest BCUT2D eigenvalue weighted by Crippen LogP contribution is -2.52. The molecule has 226 valence electrons. The molecule has 0 radical (unpaired) electrons. The maximum absolute atomic E-state index is 13.9. The van der Waals surface area contributed by atoms with Crippen LogP contribution in [0.15, 0.2) is 72.8 Å². The summed E-state index contributed by atoms with van der Waals surface area (Å²) in [6, 6.07) is 22.8. The zero-order valence-electron chi connectivity index (χ0n) is 25.4. The highest BCUT2D eigenvalue weighted by atomic mass is 32.1. The van der Waals surface area contributed by atoms with Crippen molar-refractivity contribution >= 4 is 40.8 Å². The molecule has 0 bridgehead atoms. The summed E-state index contributed by atoms with van der Waals surface area (Å²) < 4.78 is 5.34. The van der Waals surface area contributed by atoms with Gasteiger partial charge in [-0.15, -0.1) is 0 Å². The van der Waals surface area contributed by atoms with Crippen LogP contribution in [0.25, 0.3) is 11.1 Å². The number of nitrogens with one attached hydrogen (secondary N) is 2. The third-order valence-corrected chi connectivity index (χ3v) is 7.34. The number of carbonyl (C=O) groups excluding carboxylic acids is 3. The largest absolute Gasteiger partial charge is 0.444 e. The summed E-state index contributed by atoms with van der Waals surface area (Å²) in [7, 11) is 0. The van der Waals surface area contributed by atoms with E-state index in [0.29, 0.717) is 24.4 Å². The number of thiocarbonyl (C=S) groups is 1. The Kier molecular flexibility index (Phi) is 9.55. The van der Waals surface area contributed by atoms with Crippen molar-refractivity contribution in [2.24, 2.45) is 5.73 Å². The van der Waals surface area contributed by atoms with Crippen molar-refractivity contribution in [3.63, 3.8) is 0 Å². The predicted octanol–water partition coefficient (Wildman–Crippen LogP) is 5.65. The van der Waals surface area contributed by atoms with Crippen molar-refractivity contribution in [1.82, 2.24) is 10.6 Å². The lowest BCUT2D eigenvalue weighted by atomic mass is 9.98. The summed E-state index contributed by atoms with van der Waals surface area (Å²) in [6.07, 6.45) is 0.486. The molecule has 1 aliphatic heterocycles. The Balaban J connectivity index is 1.50. The number of nitrogens with two attached hydrogens (primary N) is 1. The summed E-state index contributed by atoms with van der Waals surface area (Å²) in [6.45, 7) is 9.16. The van der Waals surface area contributed by atoms with Gasteiger partial charge in [0.05, 0.1) is 6.54 Å². The van der Waals surface area contributed by atoms with Gasteiger partial charge in [0, 0.05) is 23.2 Å². The number of ether oxygens (including phenoxy) is 1. The van der Waals surface area contributed by atoms with Crippen LogP contribution in [0.3, 0.4) is 0 Å². The average molecular weight is 601 g/mol. The Bertz CT molecular complexity index is 1510. The first-order valence-electron chi connectivity index (χ1n) is 14.4. The molecular weight excluding hydrogens is 560 g/mol. The Morgan fingerprint density at radius 1 is 0.977 bits per heavy atom. The van der Waals surface area contributed by atoms with Crippen LogP contribution in [-0.4, -0.2) is 40.1 Å². The molecule has 3 aromatic rings. The van der Waals surface area contributed by atoms with E-state index in [-0.39, 0.29) is 18.2 Å². The number of amides is 3. The number of benzene rings is 3. The van der Waals surface area contributed by atoms with Gasteiger partial charge in [-0.25, -0.2) is 4.79 Å². The van der Waals surface area contributed by atoms with E-state index in [4.69, 9.17) is 22.7 Å². The van der Waals surface area contributed by atoms with Gasteiger partial charge in [-0.3, -0.25) is 9.59 Å². The predicted molar refractivity (Wildman–Crippen MR) is 174 cm³/mol. The van der Waals surface area contributed by atoms with E-state index in [0.717, 1.165) is 33.5 Å². The summed E-state index contributed by atoms with van der Waals surface area (Å²) >= 11 is 5.23. The molecule has 0 saturated heterocycles. The fourth-order valence-electron chi connectivity index (χ4n) is 5.21. The first-order valence-corrected chi connectivity index (χ1v) is 14.8. The zero-order chi connectivity index (χ0) is 31.4. The van der Waals surface area contributed by atoms with Crippen LogP contribution >= 0.6 is 12.2 Å². The van der Waals surface area contributed by atoms with Crippen molar-refractivity contribution in [2.75, 3.05) is 4.90 Å². The molecule has 1 heterocycles. The smallest absolute Gasteiger partial charge is 0.408 e. The van der Waals surface area contributed by atoms with Crippen molar-refractivity contribution in [3.8, 4) is 11.1 Å². The molecule has 1 atom stereocenters. The summed E-state index contributed by atoms with van der Waals surface area (Å²) in [4.78, 5) is 41.5. The number of hydrogen-bond acceptors (Lipinski definition) is 5. The van der Waals surface area contributed by atoms with E-state index >= 15 is 0 Å². The molecule has 0 saturated carbocycles. The maximum Gasteiger partial charge on any atom is 0.408 e. The van der Waals surface area contributed by atoms with E-state index in [9.17, 15) is 14.4 Å². The Hall–Kier alpha value is -4.24. The molecule has 3 aromatic carbocycles. The molecule has 0 unspecified atom stereocenters. The van der Waals surface area contributed by atoms with Gasteiger partial charge in [0.2, 0.25) is 11.8 Å². The number of carbonyl (C=O) groups is 3. The summed E-state index contributed by atoms with van der Waals surface area (Å²) in [5.74, 6) is -0.509. The van der Waals surface area contributed by atoms with Gasteiger partial charge in [0.1, 0.15) is 16.6 Å². The molecule has 43 heavy (non-hydrogen) atoms. The number of anilines is 1. The molecule has 9 heteroatoms. The molecule has 4 rings (SSSR count). The topological polar surface area (TPSA) is 114 Å². The minimum Gasteiger partial charge on any atom is -0.444 e. The first-order chi connectivity index (χ1) is 20.2. The quantitative estimate of drug-likeness (QED) is 0.288. The van der Waals surface area contributed by atoms with Gasteiger partial charge in [0.15, 0.2) is 0 Å². The second-order valence-corrected chi connectivity index (χ2v) is 12.9. The van der Waals surface area contributed by atoms with Gasteiger partial charge in [-0.1, -0.05) is 78.9 Å². The molecule has 0 aliphatic carbocycles. The van der Waals surface area contributed by atoms with Crippen LogP contribution < -0.4 is 21.3 Å². The number of nitrogens with zero attached hydrogens (tertiary/aromatic N) is 1. The number of hydrogen-bond donors (Lipinski definition) is 3. The van der Waals surface area contributed by atoms with Crippen LogP contribution in [0.4, 0.5) is 10.5 Å². The highest BCUT2D eigenvalue weighted by Gasteiger charge is 2.33. The second kappa shape index (κ2) is 13.0. The number of alkyl carbamates (subject to hydrolysis) is 1. The summed E-state index contributed by atoms with van der Waals surface area (Å²) in [5.41, 5.74) is 9.95. The highest BCUT2D eigenvalue weighted by Crippen LogP contribution is 2.30. The van der Waals surface area contributed by atoms with E-state index in [1.165, 1.54) is 0 Å². The fraction of sp³-hybridized carbons (Fsp3) is 0.353. The lowest BCUT2D eigenvalue weighted by molar-refractivity contribution is -0.128. The van der Waals surface area contributed by atoms with Crippen molar-refractivity contribution < 1.29 is 19.1 Å². The third kappa shape index (κ3) is 8.41. The molecule has 0 aromatic heterocycles. The van der Waals surface area contributed by atoms with Crippen LogP contribution in [0.2, 0.25) is 0 Å². The standard InChI is InChI=1S/C34H40N4O4S/c1-33(2,3)42-32(41)37-34(4,5)20-29(39)36-27-19-18-24-10-6-9-13-28(24)38(31(27)40)21-22-14-16-23(17-15-22)25-11-7-8-12-26(25)30(35)43/h6-17,27H,18-21H2,1-5H3,(H2,35,43)(H,36,39)(H,37,41)/t27-/m1/s1.